The van der Waals surface area contributed by atoms with Gasteiger partial charge in [0.25, 0.3) is 0 Å². The van der Waals surface area contributed by atoms with Crippen LogP contribution < -0.4 is 10.1 Å². The Labute approximate surface area is 137 Å². The van der Waals surface area contributed by atoms with Gasteiger partial charge in [0.1, 0.15) is 11.3 Å². The Kier molecular flexibility index (Phi) is 4.24. The average molecular weight is 332 g/mol. The molecule has 1 saturated heterocycles. The van der Waals surface area contributed by atoms with Gasteiger partial charge in [-0.25, -0.2) is 0 Å². The van der Waals surface area contributed by atoms with Gasteiger partial charge in [-0.05, 0) is 17.7 Å². The summed E-state index contributed by atoms with van der Waals surface area (Å²) in [5.41, 5.74) is 2.41. The van der Waals surface area contributed by atoms with Crippen molar-refractivity contribution in [3.05, 3.63) is 35.3 Å². The van der Waals surface area contributed by atoms with Crippen molar-refractivity contribution in [2.75, 3.05) is 19.5 Å². The number of anilines is 1. The van der Waals surface area contributed by atoms with Gasteiger partial charge in [0.15, 0.2) is 0 Å². The molecule has 0 spiro atoms. The third-order valence-corrected chi connectivity index (χ3v) is 4.56. The maximum Gasteiger partial charge on any atom is 0.232 e. The number of methoxy groups -OCH3 is 1. The molecule has 1 aliphatic rings. The number of benzene rings is 1. The number of carbonyl (C=O) groups excluding carboxylic acids is 2. The number of nitrogens with zero attached hydrogens (tertiary/aromatic N) is 3. The van der Waals surface area contributed by atoms with Crippen molar-refractivity contribution in [3.8, 4) is 5.75 Å². The zero-order valence-electron chi connectivity index (χ0n) is 12.7. The average Bonchev–Trinajstić information content (AvgIpc) is 3.16. The molecule has 120 valence electrons. The lowest BCUT2D eigenvalue weighted by Crippen LogP contribution is -2.30. The highest BCUT2D eigenvalue weighted by Crippen LogP contribution is 2.38. The van der Waals surface area contributed by atoms with Crippen LogP contribution in [0.25, 0.3) is 0 Å². The third kappa shape index (κ3) is 3.02. The van der Waals surface area contributed by atoms with E-state index in [1.807, 2.05) is 24.3 Å². The van der Waals surface area contributed by atoms with Gasteiger partial charge in [-0.15, -0.1) is 10.2 Å². The van der Waals surface area contributed by atoms with Crippen molar-refractivity contribution in [2.45, 2.75) is 12.5 Å². The van der Waals surface area contributed by atoms with E-state index in [1.165, 1.54) is 11.3 Å². The van der Waals surface area contributed by atoms with Gasteiger partial charge < -0.3 is 15.0 Å². The van der Waals surface area contributed by atoms with E-state index in [0.717, 1.165) is 5.56 Å². The smallest absolute Gasteiger partial charge is 0.232 e. The second-order valence-corrected chi connectivity index (χ2v) is 6.10. The zero-order valence-corrected chi connectivity index (χ0v) is 13.5. The maximum atomic E-state index is 12.6. The quantitative estimate of drug-likeness (QED) is 0.921. The number of aromatic nitrogens is 2. The standard InChI is InChI=1S/C15H16N4O3S/c1-19-12(20)7-11(14(21)17-15-18-16-8-23-15)13(19)9-4-3-5-10(6-9)22-2/h3-6,8,11,13H,7H2,1-2H3,(H,17,18,21)/t11-,13-/m0/s1. The highest BCUT2D eigenvalue weighted by Gasteiger charge is 2.43. The lowest BCUT2D eigenvalue weighted by Gasteiger charge is -2.25. The molecule has 1 aromatic carbocycles. The van der Waals surface area contributed by atoms with E-state index in [2.05, 4.69) is 15.5 Å². The molecule has 1 aromatic heterocycles. The molecule has 8 heteroatoms. The summed E-state index contributed by atoms with van der Waals surface area (Å²) < 4.78 is 5.24. The molecule has 2 atom stereocenters. The van der Waals surface area contributed by atoms with Crippen LogP contribution >= 0.6 is 11.3 Å². The Morgan fingerprint density at radius 1 is 1.48 bits per heavy atom. The molecule has 0 radical (unpaired) electrons. The van der Waals surface area contributed by atoms with E-state index in [9.17, 15) is 9.59 Å². The Morgan fingerprint density at radius 2 is 2.30 bits per heavy atom. The predicted octanol–water partition coefficient (Wildman–Crippen LogP) is 1.70. The van der Waals surface area contributed by atoms with Gasteiger partial charge in [-0.3, -0.25) is 9.59 Å². The lowest BCUT2D eigenvalue weighted by atomic mass is 9.93. The minimum Gasteiger partial charge on any atom is -0.497 e. The first kappa shape index (κ1) is 15.4. The fraction of sp³-hybridized carbons (Fsp3) is 0.333. The molecule has 0 unspecified atom stereocenters. The van der Waals surface area contributed by atoms with Gasteiger partial charge in [0.05, 0.1) is 19.1 Å². The molecule has 1 fully saturated rings. The van der Waals surface area contributed by atoms with E-state index < -0.39 is 5.92 Å². The molecular formula is C15H16N4O3S. The van der Waals surface area contributed by atoms with Crippen LogP contribution in [0.15, 0.2) is 29.8 Å². The van der Waals surface area contributed by atoms with Gasteiger partial charge in [-0.1, -0.05) is 23.5 Å². The number of nitrogens with one attached hydrogen (secondary N) is 1. The topological polar surface area (TPSA) is 84.4 Å². The number of hydrogen-bond acceptors (Lipinski definition) is 6. The highest BCUT2D eigenvalue weighted by atomic mass is 32.1. The van der Waals surface area contributed by atoms with Crippen LogP contribution in [0, 0.1) is 5.92 Å². The first-order valence-electron chi connectivity index (χ1n) is 7.07. The number of carbonyl (C=O) groups is 2. The minimum atomic E-state index is -0.483. The molecule has 0 bridgehead atoms. The normalized spacial score (nSPS) is 20.6. The summed E-state index contributed by atoms with van der Waals surface area (Å²) in [6, 6.07) is 7.10. The third-order valence-electron chi connectivity index (χ3n) is 3.95. The lowest BCUT2D eigenvalue weighted by molar-refractivity contribution is -0.127. The van der Waals surface area contributed by atoms with Crippen molar-refractivity contribution < 1.29 is 14.3 Å². The van der Waals surface area contributed by atoms with Crippen molar-refractivity contribution >= 4 is 28.3 Å². The Bertz CT molecular complexity index is 719. The van der Waals surface area contributed by atoms with Crippen LogP contribution in [0.4, 0.5) is 5.13 Å². The van der Waals surface area contributed by atoms with Crippen LogP contribution in [-0.2, 0) is 9.59 Å². The second kappa shape index (κ2) is 6.33. The summed E-state index contributed by atoms with van der Waals surface area (Å²) in [5, 5.41) is 10.7. The maximum absolute atomic E-state index is 12.6. The van der Waals surface area contributed by atoms with Crippen LogP contribution in [0.3, 0.4) is 0 Å². The molecule has 0 saturated carbocycles. The number of ether oxygens (including phenoxy) is 1. The summed E-state index contributed by atoms with van der Waals surface area (Å²) in [6.07, 6.45) is 0.170. The predicted molar refractivity (Wildman–Crippen MR) is 85.2 cm³/mol. The van der Waals surface area contributed by atoms with Gasteiger partial charge in [0.2, 0.25) is 16.9 Å². The molecule has 1 aliphatic heterocycles. The van der Waals surface area contributed by atoms with E-state index in [4.69, 9.17) is 4.74 Å². The Balaban J connectivity index is 1.88. The molecule has 3 rings (SSSR count). The second-order valence-electron chi connectivity index (χ2n) is 5.27. The van der Waals surface area contributed by atoms with E-state index in [1.54, 1.807) is 24.6 Å². The molecular weight excluding hydrogens is 316 g/mol. The van der Waals surface area contributed by atoms with Crippen LogP contribution in [0.5, 0.6) is 5.75 Å². The summed E-state index contributed by atoms with van der Waals surface area (Å²) in [5.74, 6) is -0.0791. The highest BCUT2D eigenvalue weighted by molar-refractivity contribution is 7.13. The van der Waals surface area contributed by atoms with E-state index in [0.29, 0.717) is 10.9 Å². The van der Waals surface area contributed by atoms with Crippen molar-refractivity contribution in [1.29, 1.82) is 0 Å². The number of rotatable bonds is 4. The fourth-order valence-corrected chi connectivity index (χ4v) is 3.26. The van der Waals surface area contributed by atoms with Crippen molar-refractivity contribution in [3.63, 3.8) is 0 Å². The molecule has 23 heavy (non-hydrogen) atoms. The summed E-state index contributed by atoms with van der Waals surface area (Å²) in [7, 11) is 3.30. The number of hydrogen-bond donors (Lipinski definition) is 1. The monoisotopic (exact) mass is 332 g/mol. The largest absolute Gasteiger partial charge is 0.497 e. The molecule has 2 amide bonds. The van der Waals surface area contributed by atoms with Crippen molar-refractivity contribution in [2.24, 2.45) is 5.92 Å². The Morgan fingerprint density at radius 3 is 3.00 bits per heavy atom. The summed E-state index contributed by atoms with van der Waals surface area (Å²) in [6.45, 7) is 0. The molecule has 2 heterocycles. The van der Waals surface area contributed by atoms with Gasteiger partial charge >= 0.3 is 0 Å². The van der Waals surface area contributed by atoms with Gasteiger partial charge in [0, 0.05) is 13.5 Å². The van der Waals surface area contributed by atoms with E-state index in [-0.39, 0.29) is 24.3 Å². The van der Waals surface area contributed by atoms with Crippen molar-refractivity contribution in [1.82, 2.24) is 15.1 Å². The van der Waals surface area contributed by atoms with Gasteiger partial charge in [-0.2, -0.15) is 0 Å². The van der Waals surface area contributed by atoms with E-state index >= 15 is 0 Å². The summed E-state index contributed by atoms with van der Waals surface area (Å²) in [4.78, 5) is 26.3. The number of likely N-dealkylation sites (tertiary alicyclic amines) is 1. The summed E-state index contributed by atoms with van der Waals surface area (Å²) >= 11 is 1.24. The van der Waals surface area contributed by atoms with Crippen LogP contribution in [0.2, 0.25) is 0 Å². The fourth-order valence-electron chi connectivity index (χ4n) is 2.81. The molecule has 1 N–H and O–H groups in total. The molecule has 0 aliphatic carbocycles. The number of amides is 2. The Hall–Kier alpha value is -2.48. The first-order valence-corrected chi connectivity index (χ1v) is 7.94. The molecule has 2 aromatic rings. The minimum absolute atomic E-state index is 0.0600. The van der Waals surface area contributed by atoms with Crippen LogP contribution in [0.1, 0.15) is 18.0 Å². The first-order chi connectivity index (χ1) is 11.1. The SMILES string of the molecule is COc1cccc([C@H]2[C@@H](C(=O)Nc3nncs3)CC(=O)N2C)c1. The molecule has 7 nitrogen and oxygen atoms in total. The van der Waals surface area contributed by atoms with Crippen LogP contribution in [-0.4, -0.2) is 41.1 Å². The zero-order chi connectivity index (χ0) is 16.4.